The van der Waals surface area contributed by atoms with E-state index < -0.39 is 6.04 Å². The lowest BCUT2D eigenvalue weighted by Gasteiger charge is -2.34. The van der Waals surface area contributed by atoms with Gasteiger partial charge in [0.15, 0.2) is 5.78 Å². The average molecular weight is 297 g/mol. The van der Waals surface area contributed by atoms with E-state index in [1.807, 2.05) is 48.5 Å². The van der Waals surface area contributed by atoms with Crippen molar-refractivity contribution in [3.63, 3.8) is 0 Å². The van der Waals surface area contributed by atoms with Crippen LogP contribution in [-0.2, 0) is 24.8 Å². The number of ketones is 1. The van der Waals surface area contributed by atoms with Crippen LogP contribution in [0.1, 0.15) is 21.6 Å². The highest BCUT2D eigenvalue weighted by Gasteiger charge is 2.31. The largest absolute Gasteiger partial charge is 0.368 e. The molecule has 1 aromatic heterocycles. The van der Waals surface area contributed by atoms with Crippen LogP contribution in [0.3, 0.4) is 0 Å². The van der Waals surface area contributed by atoms with Crippen molar-refractivity contribution in [3.8, 4) is 0 Å². The fraction of sp³-hybridized carbons (Fsp3) is 0.294. The Bertz CT molecular complexity index is 720. The van der Waals surface area contributed by atoms with Gasteiger partial charge in [0, 0.05) is 19.8 Å². The predicted octanol–water partition coefficient (Wildman–Crippen LogP) is 1.12. The molecule has 2 heterocycles. The van der Waals surface area contributed by atoms with Gasteiger partial charge in [0.1, 0.15) is 0 Å². The fourth-order valence-corrected chi connectivity index (χ4v) is 3.04. The third-order valence-corrected chi connectivity index (χ3v) is 4.25. The zero-order valence-electron chi connectivity index (χ0n) is 12.5. The Kier molecular flexibility index (Phi) is 3.81. The number of hydrogen-bond acceptors (Lipinski definition) is 3. The number of nitrogens with zero attached hydrogens (tertiary/aromatic N) is 2. The van der Waals surface area contributed by atoms with E-state index in [9.17, 15) is 9.59 Å². The maximum atomic E-state index is 12.5. The van der Waals surface area contributed by atoms with Gasteiger partial charge in [-0.2, -0.15) is 0 Å². The second-order valence-corrected chi connectivity index (χ2v) is 5.72. The van der Waals surface area contributed by atoms with Crippen molar-refractivity contribution in [3.05, 3.63) is 59.4 Å². The van der Waals surface area contributed by atoms with E-state index in [1.54, 1.807) is 10.6 Å². The summed E-state index contributed by atoms with van der Waals surface area (Å²) < 4.78 is 1.79. The Labute approximate surface area is 129 Å². The predicted molar refractivity (Wildman–Crippen MR) is 83.3 cm³/mol. The van der Waals surface area contributed by atoms with E-state index in [0.29, 0.717) is 18.7 Å². The molecule has 5 nitrogen and oxygen atoms in total. The Morgan fingerprint density at radius 2 is 1.91 bits per heavy atom. The van der Waals surface area contributed by atoms with Gasteiger partial charge in [-0.25, -0.2) is 0 Å². The highest BCUT2D eigenvalue weighted by Crippen LogP contribution is 2.23. The van der Waals surface area contributed by atoms with Crippen molar-refractivity contribution in [1.82, 2.24) is 9.47 Å². The molecule has 0 aliphatic carbocycles. The molecule has 1 aromatic carbocycles. The number of Topliss-reactive ketones (excluding diaryl/α,β-unsaturated/α-hetero) is 1. The molecule has 1 amide bonds. The van der Waals surface area contributed by atoms with Crippen molar-refractivity contribution >= 4 is 11.7 Å². The molecule has 1 atom stereocenters. The summed E-state index contributed by atoms with van der Waals surface area (Å²) in [6, 6.07) is 11.2. The lowest BCUT2D eigenvalue weighted by atomic mass is 9.93. The summed E-state index contributed by atoms with van der Waals surface area (Å²) in [6.07, 6.45) is 2.40. The number of carbonyl (C=O) groups is 2. The van der Waals surface area contributed by atoms with Crippen molar-refractivity contribution in [2.45, 2.75) is 19.0 Å². The molecule has 0 unspecified atom stereocenters. The van der Waals surface area contributed by atoms with E-state index in [4.69, 9.17) is 5.73 Å². The lowest BCUT2D eigenvalue weighted by Crippen LogP contribution is -2.50. The molecule has 22 heavy (non-hydrogen) atoms. The van der Waals surface area contributed by atoms with Gasteiger partial charge in [0.25, 0.3) is 0 Å². The Hall–Kier alpha value is -2.40. The molecular formula is C17H19N3O2. The van der Waals surface area contributed by atoms with Crippen LogP contribution < -0.4 is 5.73 Å². The van der Waals surface area contributed by atoms with Gasteiger partial charge in [-0.05, 0) is 29.7 Å². The Balaban J connectivity index is 1.84. The van der Waals surface area contributed by atoms with Crippen LogP contribution in [0.2, 0.25) is 0 Å². The van der Waals surface area contributed by atoms with Crippen LogP contribution in [0.15, 0.2) is 42.6 Å². The van der Waals surface area contributed by atoms with E-state index in [-0.39, 0.29) is 18.2 Å². The number of fused-ring (bicyclic) bond motifs is 1. The first-order valence-corrected chi connectivity index (χ1v) is 7.31. The minimum atomic E-state index is -0.431. The number of nitrogens with two attached hydrogens (primary N) is 1. The number of rotatable bonds is 4. The molecule has 0 saturated heterocycles. The van der Waals surface area contributed by atoms with Crippen LogP contribution in [0.25, 0.3) is 0 Å². The van der Waals surface area contributed by atoms with E-state index >= 15 is 0 Å². The number of aryl methyl sites for hydroxylation is 1. The van der Waals surface area contributed by atoms with Gasteiger partial charge in [-0.3, -0.25) is 14.5 Å². The van der Waals surface area contributed by atoms with E-state index in [1.165, 1.54) is 0 Å². The van der Waals surface area contributed by atoms with Crippen molar-refractivity contribution in [1.29, 1.82) is 0 Å². The summed E-state index contributed by atoms with van der Waals surface area (Å²) in [5.74, 6) is -0.382. The molecule has 0 bridgehead atoms. The second-order valence-electron chi connectivity index (χ2n) is 5.72. The number of aromatic nitrogens is 1. The number of amides is 1. The summed E-state index contributed by atoms with van der Waals surface area (Å²) >= 11 is 0. The topological polar surface area (TPSA) is 68.3 Å². The second kappa shape index (κ2) is 5.77. The van der Waals surface area contributed by atoms with Crippen LogP contribution in [0.5, 0.6) is 0 Å². The van der Waals surface area contributed by atoms with Crippen LogP contribution in [0, 0.1) is 0 Å². The molecule has 0 radical (unpaired) electrons. The third-order valence-electron chi connectivity index (χ3n) is 4.25. The number of hydrogen-bond donors (Lipinski definition) is 1. The summed E-state index contributed by atoms with van der Waals surface area (Å²) in [7, 11) is 1.84. The van der Waals surface area contributed by atoms with Gasteiger partial charge < -0.3 is 10.3 Å². The van der Waals surface area contributed by atoms with Crippen molar-refractivity contribution in [2.75, 3.05) is 6.54 Å². The van der Waals surface area contributed by atoms with Crippen LogP contribution in [0.4, 0.5) is 0 Å². The van der Waals surface area contributed by atoms with Gasteiger partial charge in [0.2, 0.25) is 5.91 Å². The standard InChI is InChI=1S/C17H19N3O2/c1-19-8-4-7-14(19)16(21)11-20-10-13-6-3-2-5-12(13)9-15(20)17(18)22/h2-8,15H,9-11H2,1H3,(H2,18,22)/t15-/m0/s1. The molecule has 0 saturated carbocycles. The first-order valence-electron chi connectivity index (χ1n) is 7.31. The van der Waals surface area contributed by atoms with Crippen molar-refractivity contribution < 1.29 is 9.59 Å². The summed E-state index contributed by atoms with van der Waals surface area (Å²) in [5, 5.41) is 0. The molecule has 2 N–H and O–H groups in total. The molecular weight excluding hydrogens is 278 g/mol. The van der Waals surface area contributed by atoms with Gasteiger partial charge in [-0.15, -0.1) is 0 Å². The third kappa shape index (κ3) is 2.67. The maximum absolute atomic E-state index is 12.5. The molecule has 1 aliphatic rings. The first-order chi connectivity index (χ1) is 10.6. The zero-order valence-corrected chi connectivity index (χ0v) is 12.5. The molecule has 0 spiro atoms. The summed E-state index contributed by atoms with van der Waals surface area (Å²) in [5.41, 5.74) is 8.47. The fourth-order valence-electron chi connectivity index (χ4n) is 3.04. The van der Waals surface area contributed by atoms with Gasteiger partial charge in [-0.1, -0.05) is 24.3 Å². The molecule has 5 heteroatoms. The molecule has 1 aliphatic heterocycles. The van der Waals surface area contributed by atoms with Crippen LogP contribution >= 0.6 is 0 Å². The zero-order chi connectivity index (χ0) is 15.7. The summed E-state index contributed by atoms with van der Waals surface area (Å²) in [6.45, 7) is 0.764. The average Bonchev–Trinajstić information content (AvgIpc) is 2.92. The van der Waals surface area contributed by atoms with Crippen molar-refractivity contribution in [2.24, 2.45) is 12.8 Å². The minimum Gasteiger partial charge on any atom is -0.368 e. The minimum absolute atomic E-state index is 0.00173. The first kappa shape index (κ1) is 14.5. The highest BCUT2D eigenvalue weighted by molar-refractivity contribution is 5.96. The normalized spacial score (nSPS) is 18.0. The molecule has 3 rings (SSSR count). The monoisotopic (exact) mass is 297 g/mol. The molecule has 114 valence electrons. The van der Waals surface area contributed by atoms with E-state index in [2.05, 4.69) is 0 Å². The van der Waals surface area contributed by atoms with Gasteiger partial charge in [0.05, 0.1) is 18.3 Å². The number of benzene rings is 1. The lowest BCUT2D eigenvalue weighted by molar-refractivity contribution is -0.123. The van der Waals surface area contributed by atoms with E-state index in [0.717, 1.165) is 11.1 Å². The van der Waals surface area contributed by atoms with Crippen LogP contribution in [-0.4, -0.2) is 33.7 Å². The number of carbonyl (C=O) groups excluding carboxylic acids is 2. The maximum Gasteiger partial charge on any atom is 0.235 e. The quantitative estimate of drug-likeness (QED) is 0.860. The Morgan fingerprint density at radius 1 is 1.18 bits per heavy atom. The number of primary amides is 1. The molecule has 2 aromatic rings. The smallest absolute Gasteiger partial charge is 0.235 e. The SMILES string of the molecule is Cn1cccc1C(=O)CN1Cc2ccccc2C[C@H]1C(N)=O. The summed E-state index contributed by atoms with van der Waals surface area (Å²) in [4.78, 5) is 26.1. The van der Waals surface area contributed by atoms with Gasteiger partial charge >= 0.3 is 0 Å². The molecule has 0 fully saturated rings. The highest BCUT2D eigenvalue weighted by atomic mass is 16.1. The Morgan fingerprint density at radius 3 is 2.55 bits per heavy atom.